The molecule has 0 aliphatic heterocycles. The van der Waals surface area contributed by atoms with Gasteiger partial charge in [0.05, 0.1) is 12.2 Å². The average Bonchev–Trinajstić information content (AvgIpc) is 2.61. The van der Waals surface area contributed by atoms with Crippen LogP contribution in [0.25, 0.3) is 0 Å². The molecule has 2 atom stereocenters. The van der Waals surface area contributed by atoms with Gasteiger partial charge in [0.2, 0.25) is 0 Å². The summed E-state index contributed by atoms with van der Waals surface area (Å²) in [5.74, 6) is -0.770. The highest BCUT2D eigenvalue weighted by Crippen LogP contribution is 2.02. The van der Waals surface area contributed by atoms with Gasteiger partial charge in [-0.1, -0.05) is 79.8 Å². The summed E-state index contributed by atoms with van der Waals surface area (Å²) in [5, 5.41) is 28.0. The molecule has 0 aromatic heterocycles. The molecule has 0 saturated heterocycles. The van der Waals surface area contributed by atoms with Crippen molar-refractivity contribution in [1.82, 2.24) is 0 Å². The average molecular weight is 360 g/mol. The molecule has 0 heterocycles. The van der Waals surface area contributed by atoms with Crippen molar-refractivity contribution in [3.8, 4) is 0 Å². The van der Waals surface area contributed by atoms with Crippen LogP contribution in [0.15, 0.2) is 72.9 Å². The van der Waals surface area contributed by atoms with Gasteiger partial charge < -0.3 is 15.3 Å². The van der Waals surface area contributed by atoms with E-state index in [9.17, 15) is 15.0 Å². The molecule has 0 aliphatic carbocycles. The Hall–Kier alpha value is -2.17. The quantitative estimate of drug-likeness (QED) is 0.315. The molecule has 0 aromatic carbocycles. The van der Waals surface area contributed by atoms with Gasteiger partial charge in [-0.05, 0) is 32.1 Å². The molecular formula is C22H32O4. The van der Waals surface area contributed by atoms with E-state index in [1.807, 2.05) is 67.7 Å². The zero-order chi connectivity index (χ0) is 19.5. The Morgan fingerprint density at radius 3 is 2.19 bits per heavy atom. The summed E-state index contributed by atoms with van der Waals surface area (Å²) in [6.07, 6.45) is 24.8. The van der Waals surface area contributed by atoms with E-state index in [4.69, 9.17) is 5.11 Å². The van der Waals surface area contributed by atoms with Gasteiger partial charge in [0.25, 0.3) is 0 Å². The van der Waals surface area contributed by atoms with Crippen LogP contribution in [0.3, 0.4) is 0 Å². The summed E-state index contributed by atoms with van der Waals surface area (Å²) in [6.45, 7) is 2.02. The Morgan fingerprint density at radius 1 is 0.846 bits per heavy atom. The predicted octanol–water partition coefficient (Wildman–Crippen LogP) is 4.49. The van der Waals surface area contributed by atoms with E-state index in [-0.39, 0.29) is 6.42 Å². The van der Waals surface area contributed by atoms with Gasteiger partial charge >= 0.3 is 5.97 Å². The number of carboxylic acid groups (broad SMARTS) is 1. The lowest BCUT2D eigenvalue weighted by atomic mass is 10.1. The van der Waals surface area contributed by atoms with Crippen molar-refractivity contribution >= 4 is 5.97 Å². The molecule has 144 valence electrons. The number of hydrogen-bond donors (Lipinski definition) is 3. The van der Waals surface area contributed by atoms with Crippen molar-refractivity contribution in [3.05, 3.63) is 72.9 Å². The van der Waals surface area contributed by atoms with E-state index < -0.39 is 18.2 Å². The summed E-state index contributed by atoms with van der Waals surface area (Å²) in [7, 11) is 0. The zero-order valence-corrected chi connectivity index (χ0v) is 15.6. The molecule has 0 aromatic rings. The lowest BCUT2D eigenvalue weighted by molar-refractivity contribution is -0.136. The van der Waals surface area contributed by atoms with Crippen LogP contribution >= 0.6 is 0 Å². The first-order chi connectivity index (χ1) is 12.6. The van der Waals surface area contributed by atoms with Crippen LogP contribution in [0.4, 0.5) is 0 Å². The van der Waals surface area contributed by atoms with Crippen LogP contribution in [-0.4, -0.2) is 33.5 Å². The van der Waals surface area contributed by atoms with E-state index in [0.29, 0.717) is 12.8 Å². The lowest BCUT2D eigenvalue weighted by Crippen LogP contribution is -2.22. The maximum Gasteiger partial charge on any atom is 0.303 e. The summed E-state index contributed by atoms with van der Waals surface area (Å²) < 4.78 is 0. The number of hydrogen-bond acceptors (Lipinski definition) is 3. The van der Waals surface area contributed by atoms with E-state index in [2.05, 4.69) is 0 Å². The van der Waals surface area contributed by atoms with Gasteiger partial charge in [-0.15, -0.1) is 0 Å². The minimum Gasteiger partial charge on any atom is -0.481 e. The summed E-state index contributed by atoms with van der Waals surface area (Å²) in [5.41, 5.74) is 0. The smallest absolute Gasteiger partial charge is 0.303 e. The highest BCUT2D eigenvalue weighted by atomic mass is 16.4. The number of rotatable bonds is 14. The molecule has 0 amide bonds. The van der Waals surface area contributed by atoms with Gasteiger partial charge in [0.1, 0.15) is 0 Å². The highest BCUT2D eigenvalue weighted by molar-refractivity contribution is 5.66. The molecule has 26 heavy (non-hydrogen) atoms. The zero-order valence-electron chi connectivity index (χ0n) is 15.6. The fourth-order valence-electron chi connectivity index (χ4n) is 1.90. The highest BCUT2D eigenvalue weighted by Gasteiger charge is 2.10. The topological polar surface area (TPSA) is 77.8 Å². The Bertz CT molecular complexity index is 524. The fraction of sp³-hybridized carbons (Fsp3) is 0.409. The molecule has 0 saturated carbocycles. The van der Waals surface area contributed by atoms with Gasteiger partial charge in [-0.2, -0.15) is 0 Å². The van der Waals surface area contributed by atoms with Crippen LogP contribution in [0, 0.1) is 0 Å². The molecule has 4 heteroatoms. The molecular weight excluding hydrogens is 328 g/mol. The van der Waals surface area contributed by atoms with Crippen molar-refractivity contribution in [2.24, 2.45) is 0 Å². The van der Waals surface area contributed by atoms with Crippen molar-refractivity contribution in [2.75, 3.05) is 0 Å². The van der Waals surface area contributed by atoms with Crippen LogP contribution in [0.1, 0.15) is 45.4 Å². The van der Waals surface area contributed by atoms with Crippen molar-refractivity contribution in [2.45, 2.75) is 57.7 Å². The first-order valence-electron chi connectivity index (χ1n) is 9.10. The number of aliphatic hydroxyl groups is 2. The molecule has 1 unspecified atom stereocenters. The summed E-state index contributed by atoms with van der Waals surface area (Å²) in [6, 6.07) is 0. The minimum absolute atomic E-state index is 0.176. The third-order valence-electron chi connectivity index (χ3n) is 3.35. The normalized spacial score (nSPS) is 15.5. The molecule has 0 rings (SSSR count). The number of carboxylic acids is 1. The maximum absolute atomic E-state index is 10.3. The van der Waals surface area contributed by atoms with E-state index >= 15 is 0 Å². The van der Waals surface area contributed by atoms with Gasteiger partial charge in [0, 0.05) is 6.42 Å². The largest absolute Gasteiger partial charge is 0.481 e. The predicted molar refractivity (Wildman–Crippen MR) is 108 cm³/mol. The third kappa shape index (κ3) is 16.7. The molecule has 0 fully saturated rings. The number of allylic oxidation sites excluding steroid dienone is 10. The van der Waals surface area contributed by atoms with Crippen LogP contribution < -0.4 is 0 Å². The van der Waals surface area contributed by atoms with Crippen LogP contribution in [0.2, 0.25) is 0 Å². The van der Waals surface area contributed by atoms with Crippen molar-refractivity contribution in [1.29, 1.82) is 0 Å². The first kappa shape index (κ1) is 23.8. The monoisotopic (exact) mass is 360 g/mol. The van der Waals surface area contributed by atoms with E-state index in [1.54, 1.807) is 12.2 Å². The summed E-state index contributed by atoms with van der Waals surface area (Å²) >= 11 is 0. The van der Waals surface area contributed by atoms with Gasteiger partial charge in [-0.3, -0.25) is 4.79 Å². The fourth-order valence-corrected chi connectivity index (χ4v) is 1.90. The van der Waals surface area contributed by atoms with Gasteiger partial charge in [-0.25, -0.2) is 0 Å². The standard InChI is InChI=1S/C22H32O4/c1-2-3-14-17-20(23)21(24)18-15-12-10-8-6-4-5-7-9-11-13-16-19-22(25)26/h3,5-8,10-15,18,20-21,23-24H,2,4,9,16-17,19H2,1H3,(H,25,26)/b7-5-,8-6-,12-10+,13-11-,14-3-,18-15+/t20-,21?/m0/s1. The Balaban J connectivity index is 3.85. The second-order valence-corrected chi connectivity index (χ2v) is 5.72. The molecule has 0 aliphatic rings. The van der Waals surface area contributed by atoms with Crippen molar-refractivity contribution < 1.29 is 20.1 Å². The third-order valence-corrected chi connectivity index (χ3v) is 3.35. The molecule has 0 spiro atoms. The number of aliphatic hydroxyl groups excluding tert-OH is 2. The Kier molecular flexibility index (Phi) is 16.2. The molecule has 3 N–H and O–H groups in total. The van der Waals surface area contributed by atoms with Gasteiger partial charge in [0.15, 0.2) is 0 Å². The Morgan fingerprint density at radius 2 is 1.50 bits per heavy atom. The van der Waals surface area contributed by atoms with Crippen LogP contribution in [0.5, 0.6) is 0 Å². The molecule has 0 bridgehead atoms. The lowest BCUT2D eigenvalue weighted by Gasteiger charge is -2.11. The summed E-state index contributed by atoms with van der Waals surface area (Å²) in [4.78, 5) is 10.3. The number of carbonyl (C=O) groups is 1. The van der Waals surface area contributed by atoms with E-state index in [1.165, 1.54) is 0 Å². The second-order valence-electron chi connectivity index (χ2n) is 5.72. The molecule has 4 nitrogen and oxygen atoms in total. The van der Waals surface area contributed by atoms with Crippen molar-refractivity contribution in [3.63, 3.8) is 0 Å². The first-order valence-corrected chi connectivity index (χ1v) is 9.10. The molecule has 0 radical (unpaired) electrons. The van der Waals surface area contributed by atoms with E-state index in [0.717, 1.165) is 19.3 Å². The maximum atomic E-state index is 10.3. The van der Waals surface area contributed by atoms with Crippen LogP contribution in [-0.2, 0) is 4.79 Å². The SMILES string of the molecule is CC/C=C\C[C@H](O)C(O)/C=C/C=C/C=C\C/C=C\C/C=C\CCC(=O)O. The minimum atomic E-state index is -0.864. The second kappa shape index (κ2) is 17.6. The number of aliphatic carboxylic acids is 1. The Labute approximate surface area is 157 Å².